The number of nitro groups is 1. The van der Waals surface area contributed by atoms with E-state index in [1.165, 1.54) is 10.7 Å². The summed E-state index contributed by atoms with van der Waals surface area (Å²) in [6.07, 6.45) is 1.73. The molecule has 2 aromatic heterocycles. The molecule has 1 unspecified atom stereocenters. The van der Waals surface area contributed by atoms with Crippen LogP contribution >= 0.6 is 11.6 Å². The van der Waals surface area contributed by atoms with Crippen molar-refractivity contribution in [1.29, 1.82) is 0 Å². The number of amides is 1. The van der Waals surface area contributed by atoms with E-state index in [1.807, 2.05) is 6.92 Å². The van der Waals surface area contributed by atoms with Gasteiger partial charge in [0, 0.05) is 19.8 Å². The highest BCUT2D eigenvalue weighted by Gasteiger charge is 2.23. The molecule has 136 valence electrons. The van der Waals surface area contributed by atoms with Gasteiger partial charge in [0.05, 0.1) is 40.9 Å². The van der Waals surface area contributed by atoms with Crippen molar-refractivity contribution in [2.24, 2.45) is 5.92 Å². The zero-order valence-corrected chi connectivity index (χ0v) is 15.4. The van der Waals surface area contributed by atoms with Crippen LogP contribution in [-0.2, 0) is 24.4 Å². The Morgan fingerprint density at radius 2 is 2.16 bits per heavy atom. The van der Waals surface area contributed by atoms with Crippen LogP contribution in [-0.4, -0.2) is 42.3 Å². The molecule has 0 aliphatic rings. The highest BCUT2D eigenvalue weighted by atomic mass is 35.5. The third kappa shape index (κ3) is 4.36. The molecule has 0 radical (unpaired) electrons. The number of carbonyl (C=O) groups is 1. The van der Waals surface area contributed by atoms with Gasteiger partial charge in [0.2, 0.25) is 5.91 Å². The number of carbonyl (C=O) groups excluding carboxylic acids is 1. The van der Waals surface area contributed by atoms with Gasteiger partial charge in [-0.25, -0.2) is 0 Å². The molecule has 1 amide bonds. The zero-order chi connectivity index (χ0) is 18.7. The fourth-order valence-electron chi connectivity index (χ4n) is 2.49. The molecule has 25 heavy (non-hydrogen) atoms. The first kappa shape index (κ1) is 18.9. The third-order valence-corrected chi connectivity index (χ3v) is 4.21. The van der Waals surface area contributed by atoms with E-state index < -0.39 is 10.8 Å². The summed E-state index contributed by atoms with van der Waals surface area (Å²) in [6.45, 7) is 6.70. The van der Waals surface area contributed by atoms with Gasteiger partial charge in [-0.3, -0.25) is 9.48 Å². The second kappa shape index (κ2) is 7.64. The molecule has 0 N–H and O–H groups in total. The molecule has 1 atom stereocenters. The maximum Gasteiger partial charge on any atom is 0.390 e. The molecule has 10 heteroatoms. The molecular formula is C15H21ClN6O3. The minimum absolute atomic E-state index is 0.111. The molecule has 0 fully saturated rings. The summed E-state index contributed by atoms with van der Waals surface area (Å²) < 4.78 is 3.19. The smallest absolute Gasteiger partial charge is 0.358 e. The number of rotatable bonds is 7. The summed E-state index contributed by atoms with van der Waals surface area (Å²) in [5.41, 5.74) is 1.27. The number of halogens is 1. The average molecular weight is 369 g/mol. The number of aromatic nitrogens is 4. The van der Waals surface area contributed by atoms with Gasteiger partial charge in [0.25, 0.3) is 0 Å². The van der Waals surface area contributed by atoms with Crippen molar-refractivity contribution in [3.05, 3.63) is 38.8 Å². The lowest BCUT2D eigenvalue weighted by molar-refractivity contribution is -0.389. The van der Waals surface area contributed by atoms with Crippen LogP contribution in [0.25, 0.3) is 0 Å². The van der Waals surface area contributed by atoms with Gasteiger partial charge in [-0.15, -0.1) is 0 Å². The van der Waals surface area contributed by atoms with Crippen LogP contribution in [0.4, 0.5) is 5.82 Å². The van der Waals surface area contributed by atoms with Crippen LogP contribution in [0.15, 0.2) is 12.3 Å². The first-order valence-corrected chi connectivity index (χ1v) is 8.26. The van der Waals surface area contributed by atoms with Crippen molar-refractivity contribution in [1.82, 2.24) is 24.5 Å². The Bertz CT molecular complexity index is 784. The Labute approximate surface area is 150 Å². The molecule has 0 aliphatic heterocycles. The molecule has 0 aromatic carbocycles. The van der Waals surface area contributed by atoms with E-state index in [0.717, 1.165) is 0 Å². The fourth-order valence-corrected chi connectivity index (χ4v) is 2.70. The van der Waals surface area contributed by atoms with Crippen molar-refractivity contribution in [2.45, 2.75) is 40.4 Å². The monoisotopic (exact) mass is 368 g/mol. The Morgan fingerprint density at radius 3 is 2.68 bits per heavy atom. The minimum Gasteiger partial charge on any atom is -0.358 e. The van der Waals surface area contributed by atoms with Crippen molar-refractivity contribution >= 4 is 23.3 Å². The van der Waals surface area contributed by atoms with E-state index in [9.17, 15) is 14.9 Å². The molecule has 0 bridgehead atoms. The summed E-state index contributed by atoms with van der Waals surface area (Å²) in [4.78, 5) is 24.4. The highest BCUT2D eigenvalue weighted by Crippen LogP contribution is 2.18. The van der Waals surface area contributed by atoms with Crippen LogP contribution in [0.2, 0.25) is 5.02 Å². The van der Waals surface area contributed by atoms with Crippen LogP contribution in [0, 0.1) is 23.0 Å². The summed E-state index contributed by atoms with van der Waals surface area (Å²) >= 11 is 6.14. The summed E-state index contributed by atoms with van der Waals surface area (Å²) in [5, 5.41) is 19.6. The second-order valence-corrected chi connectivity index (χ2v) is 6.37. The molecule has 0 aliphatic carbocycles. The fraction of sp³-hybridized carbons (Fsp3) is 0.533. The molecule has 0 saturated heterocycles. The normalized spacial score (nSPS) is 12.2. The third-order valence-electron chi connectivity index (χ3n) is 3.90. The zero-order valence-electron chi connectivity index (χ0n) is 14.6. The van der Waals surface area contributed by atoms with Crippen LogP contribution < -0.4 is 0 Å². The summed E-state index contributed by atoms with van der Waals surface area (Å²) in [6, 6.07) is 1.39. The van der Waals surface area contributed by atoms with E-state index in [4.69, 9.17) is 11.6 Å². The van der Waals surface area contributed by atoms with Gasteiger partial charge in [0.1, 0.15) is 5.69 Å². The molecule has 9 nitrogen and oxygen atoms in total. The largest absolute Gasteiger partial charge is 0.390 e. The van der Waals surface area contributed by atoms with E-state index in [2.05, 4.69) is 10.2 Å². The van der Waals surface area contributed by atoms with Gasteiger partial charge in [-0.05, 0) is 18.8 Å². The Balaban J connectivity index is 2.03. The number of hydrogen-bond acceptors (Lipinski definition) is 5. The SMILES string of the molecule is CCn1cc(Cl)c(CN(C)C(=O)C(C)Cn2nc([N+](=O)[O-])cc2C)n1. The average Bonchev–Trinajstić information content (AvgIpc) is 3.10. The quantitative estimate of drug-likeness (QED) is 0.551. The van der Waals surface area contributed by atoms with Crippen LogP contribution in [0.3, 0.4) is 0 Å². The van der Waals surface area contributed by atoms with E-state index in [0.29, 0.717) is 29.5 Å². The van der Waals surface area contributed by atoms with Gasteiger partial charge in [-0.1, -0.05) is 18.5 Å². The Kier molecular flexibility index (Phi) is 5.78. The van der Waals surface area contributed by atoms with E-state index >= 15 is 0 Å². The van der Waals surface area contributed by atoms with Crippen molar-refractivity contribution in [3.63, 3.8) is 0 Å². The number of hydrogen-bond donors (Lipinski definition) is 0. The molecule has 2 aromatic rings. The predicted octanol–water partition coefficient (Wildman–Crippen LogP) is 2.26. The second-order valence-electron chi connectivity index (χ2n) is 5.96. The lowest BCUT2D eigenvalue weighted by Crippen LogP contribution is -2.33. The first-order chi connectivity index (χ1) is 11.7. The number of aryl methyl sites for hydroxylation is 2. The minimum atomic E-state index is -0.547. The molecule has 2 rings (SSSR count). The lowest BCUT2D eigenvalue weighted by atomic mass is 10.1. The van der Waals surface area contributed by atoms with Gasteiger partial charge < -0.3 is 15.0 Å². The van der Waals surface area contributed by atoms with Crippen LogP contribution in [0.5, 0.6) is 0 Å². The van der Waals surface area contributed by atoms with Crippen molar-refractivity contribution < 1.29 is 9.72 Å². The van der Waals surface area contributed by atoms with Gasteiger partial charge in [-0.2, -0.15) is 9.78 Å². The molecule has 2 heterocycles. The molecular weight excluding hydrogens is 348 g/mol. The van der Waals surface area contributed by atoms with Crippen molar-refractivity contribution in [3.8, 4) is 0 Å². The highest BCUT2D eigenvalue weighted by molar-refractivity contribution is 6.31. The van der Waals surface area contributed by atoms with E-state index in [1.54, 1.807) is 36.7 Å². The molecule has 0 spiro atoms. The standard InChI is InChI=1S/C15H21ClN6O3/c1-5-20-8-12(16)13(17-20)9-19(4)15(23)10(2)7-21-11(3)6-14(18-21)22(24)25/h6,8,10H,5,7,9H2,1-4H3. The predicted molar refractivity (Wildman–Crippen MR) is 92.2 cm³/mol. The summed E-state index contributed by atoms with van der Waals surface area (Å²) in [7, 11) is 1.68. The first-order valence-electron chi connectivity index (χ1n) is 7.88. The van der Waals surface area contributed by atoms with Crippen LogP contribution in [0.1, 0.15) is 25.2 Å². The summed E-state index contributed by atoms with van der Waals surface area (Å²) in [5.74, 6) is -0.725. The van der Waals surface area contributed by atoms with Crippen molar-refractivity contribution in [2.75, 3.05) is 7.05 Å². The number of nitrogens with zero attached hydrogens (tertiary/aromatic N) is 6. The molecule has 0 saturated carbocycles. The Morgan fingerprint density at radius 1 is 1.48 bits per heavy atom. The van der Waals surface area contributed by atoms with Gasteiger partial charge in [0.15, 0.2) is 0 Å². The maximum absolute atomic E-state index is 12.6. The maximum atomic E-state index is 12.6. The van der Waals surface area contributed by atoms with E-state index in [-0.39, 0.29) is 18.3 Å². The lowest BCUT2D eigenvalue weighted by Gasteiger charge is -2.20. The Hall–Kier alpha value is -2.42. The van der Waals surface area contributed by atoms with Gasteiger partial charge >= 0.3 is 5.82 Å². The topological polar surface area (TPSA) is 99.1 Å².